The molecule has 0 spiro atoms. The van der Waals surface area contributed by atoms with Gasteiger partial charge in [-0.2, -0.15) is 0 Å². The van der Waals surface area contributed by atoms with Crippen LogP contribution >= 0.6 is 0 Å². The molecule has 3 nitrogen and oxygen atoms in total. The zero-order valence-corrected chi connectivity index (χ0v) is 14.2. The van der Waals surface area contributed by atoms with Gasteiger partial charge in [0.05, 0.1) is 18.3 Å². The molecular weight excluding hydrogens is 260 g/mol. The number of hydrogen-bond donors (Lipinski definition) is 0. The van der Waals surface area contributed by atoms with Gasteiger partial charge in [-0.1, -0.05) is 41.5 Å². The number of methoxy groups -OCH3 is 1. The largest absolute Gasteiger partial charge is 0.494 e. The third-order valence-electron chi connectivity index (χ3n) is 4.15. The van der Waals surface area contributed by atoms with Crippen LogP contribution in [0.2, 0.25) is 0 Å². The van der Waals surface area contributed by atoms with Crippen molar-refractivity contribution < 1.29 is 4.74 Å². The van der Waals surface area contributed by atoms with Crippen LogP contribution in [0.4, 0.5) is 0 Å². The molecule has 21 heavy (non-hydrogen) atoms. The van der Waals surface area contributed by atoms with Crippen LogP contribution in [0.25, 0.3) is 11.0 Å². The van der Waals surface area contributed by atoms with E-state index in [0.717, 1.165) is 22.5 Å². The molecule has 3 heteroatoms. The van der Waals surface area contributed by atoms with Crippen LogP contribution in [0.3, 0.4) is 0 Å². The maximum atomic E-state index is 5.56. The van der Waals surface area contributed by atoms with E-state index in [1.165, 1.54) is 5.56 Å². The van der Waals surface area contributed by atoms with E-state index in [-0.39, 0.29) is 5.41 Å². The van der Waals surface area contributed by atoms with Crippen LogP contribution in [-0.2, 0) is 5.41 Å². The molecule has 0 aliphatic carbocycles. The molecule has 0 bridgehead atoms. The number of fused-ring (bicyclic) bond motifs is 1. The second kappa shape index (κ2) is 5.63. The smallest absolute Gasteiger partial charge is 0.146 e. The lowest BCUT2D eigenvalue weighted by molar-refractivity contribution is 0.416. The zero-order valence-electron chi connectivity index (χ0n) is 14.2. The zero-order chi connectivity index (χ0) is 15.8. The Morgan fingerprint density at radius 1 is 1.10 bits per heavy atom. The molecule has 114 valence electrons. The van der Waals surface area contributed by atoms with Crippen LogP contribution in [0, 0.1) is 5.92 Å². The van der Waals surface area contributed by atoms with E-state index in [4.69, 9.17) is 9.72 Å². The molecular formula is C18H26N2O. The van der Waals surface area contributed by atoms with Gasteiger partial charge in [-0.3, -0.25) is 4.98 Å². The van der Waals surface area contributed by atoms with Gasteiger partial charge in [0.25, 0.3) is 0 Å². The molecule has 1 atom stereocenters. The Labute approximate surface area is 127 Å². The van der Waals surface area contributed by atoms with E-state index >= 15 is 0 Å². The average molecular weight is 286 g/mol. The predicted molar refractivity (Wildman–Crippen MR) is 88.0 cm³/mol. The molecule has 1 aromatic heterocycles. The fourth-order valence-corrected chi connectivity index (χ4v) is 2.27. The summed E-state index contributed by atoms with van der Waals surface area (Å²) in [5.74, 6) is 1.86. The van der Waals surface area contributed by atoms with Gasteiger partial charge in [-0.15, -0.1) is 0 Å². The molecule has 0 amide bonds. The Balaban J connectivity index is 2.63. The first-order valence-electron chi connectivity index (χ1n) is 7.59. The molecule has 1 heterocycles. The topological polar surface area (TPSA) is 35.0 Å². The Morgan fingerprint density at radius 3 is 2.29 bits per heavy atom. The summed E-state index contributed by atoms with van der Waals surface area (Å²) in [6.07, 6.45) is 1.88. The van der Waals surface area contributed by atoms with Crippen LogP contribution < -0.4 is 4.74 Å². The summed E-state index contributed by atoms with van der Waals surface area (Å²) in [5, 5.41) is 0. The van der Waals surface area contributed by atoms with Crippen LogP contribution in [0.15, 0.2) is 18.3 Å². The van der Waals surface area contributed by atoms with Gasteiger partial charge in [0, 0.05) is 11.6 Å². The van der Waals surface area contributed by atoms with Gasteiger partial charge in [-0.05, 0) is 29.5 Å². The molecule has 2 aromatic rings. The Kier molecular flexibility index (Phi) is 4.22. The Morgan fingerprint density at radius 2 is 1.76 bits per heavy atom. The third kappa shape index (κ3) is 3.17. The second-order valence-electron chi connectivity index (χ2n) is 7.13. The molecule has 0 aliphatic rings. The predicted octanol–water partition coefficient (Wildman–Crippen LogP) is 4.70. The van der Waals surface area contributed by atoms with E-state index in [0.29, 0.717) is 11.8 Å². The Hall–Kier alpha value is -1.64. The van der Waals surface area contributed by atoms with Crippen molar-refractivity contribution in [3.05, 3.63) is 29.6 Å². The van der Waals surface area contributed by atoms with E-state index in [1.807, 2.05) is 6.20 Å². The standard InChI is InChI=1S/C18H26N2O/c1-11(2)12(3)13-8-14-17(15(9-13)21-7)20-16(10-19-14)18(4,5)6/h8-12H,1-7H3. The van der Waals surface area contributed by atoms with E-state index in [1.54, 1.807) is 7.11 Å². The average Bonchev–Trinajstić information content (AvgIpc) is 2.43. The summed E-state index contributed by atoms with van der Waals surface area (Å²) >= 11 is 0. The molecule has 0 saturated heterocycles. The molecule has 1 unspecified atom stereocenters. The number of aromatic nitrogens is 2. The van der Waals surface area contributed by atoms with Gasteiger partial charge in [-0.25, -0.2) is 4.98 Å². The second-order valence-corrected chi connectivity index (χ2v) is 7.13. The monoisotopic (exact) mass is 286 g/mol. The van der Waals surface area contributed by atoms with Crippen molar-refractivity contribution in [2.24, 2.45) is 5.92 Å². The highest BCUT2D eigenvalue weighted by Gasteiger charge is 2.19. The quantitative estimate of drug-likeness (QED) is 0.820. The summed E-state index contributed by atoms with van der Waals surface area (Å²) in [6, 6.07) is 4.25. The van der Waals surface area contributed by atoms with Crippen molar-refractivity contribution in [2.75, 3.05) is 7.11 Å². The lowest BCUT2D eigenvalue weighted by atomic mass is 9.89. The highest BCUT2D eigenvalue weighted by molar-refractivity contribution is 5.82. The van der Waals surface area contributed by atoms with E-state index in [9.17, 15) is 0 Å². The van der Waals surface area contributed by atoms with Crippen LogP contribution in [0.1, 0.15) is 58.7 Å². The molecule has 0 aliphatic heterocycles. The SMILES string of the molecule is COc1cc(C(C)C(C)C)cc2ncc(C(C)(C)C)nc12. The number of ether oxygens (including phenoxy) is 1. The summed E-state index contributed by atoms with van der Waals surface area (Å²) < 4.78 is 5.56. The fourth-order valence-electron chi connectivity index (χ4n) is 2.27. The summed E-state index contributed by atoms with van der Waals surface area (Å²) in [4.78, 5) is 9.39. The Bertz CT molecular complexity index is 641. The van der Waals surface area contributed by atoms with Gasteiger partial charge < -0.3 is 4.74 Å². The van der Waals surface area contributed by atoms with E-state index in [2.05, 4.69) is 58.7 Å². The first-order valence-corrected chi connectivity index (χ1v) is 7.59. The summed E-state index contributed by atoms with van der Waals surface area (Å²) in [7, 11) is 1.70. The van der Waals surface area contributed by atoms with Gasteiger partial charge >= 0.3 is 0 Å². The van der Waals surface area contributed by atoms with Crippen molar-refractivity contribution in [3.8, 4) is 5.75 Å². The molecule has 0 N–H and O–H groups in total. The van der Waals surface area contributed by atoms with E-state index < -0.39 is 0 Å². The number of nitrogens with zero attached hydrogens (tertiary/aromatic N) is 2. The first kappa shape index (κ1) is 15.7. The summed E-state index contributed by atoms with van der Waals surface area (Å²) in [5.41, 5.74) is 3.98. The minimum Gasteiger partial charge on any atom is -0.494 e. The highest BCUT2D eigenvalue weighted by atomic mass is 16.5. The molecule has 2 rings (SSSR count). The maximum absolute atomic E-state index is 5.56. The van der Waals surface area contributed by atoms with Crippen LogP contribution in [-0.4, -0.2) is 17.1 Å². The van der Waals surface area contributed by atoms with Crippen LogP contribution in [0.5, 0.6) is 5.75 Å². The van der Waals surface area contributed by atoms with Crippen molar-refractivity contribution in [2.45, 2.75) is 52.9 Å². The van der Waals surface area contributed by atoms with Crippen molar-refractivity contribution in [3.63, 3.8) is 0 Å². The van der Waals surface area contributed by atoms with Crippen molar-refractivity contribution >= 4 is 11.0 Å². The lowest BCUT2D eigenvalue weighted by Crippen LogP contribution is -2.14. The molecule has 1 aromatic carbocycles. The number of hydrogen-bond acceptors (Lipinski definition) is 3. The first-order chi connectivity index (χ1) is 9.74. The minimum atomic E-state index is -0.0178. The van der Waals surface area contributed by atoms with Gasteiger partial charge in [0.2, 0.25) is 0 Å². The third-order valence-corrected chi connectivity index (χ3v) is 4.15. The molecule has 0 radical (unpaired) electrons. The molecule has 0 fully saturated rings. The number of rotatable bonds is 3. The minimum absolute atomic E-state index is 0.0178. The number of benzene rings is 1. The normalized spacial score (nSPS) is 13.7. The maximum Gasteiger partial charge on any atom is 0.146 e. The van der Waals surface area contributed by atoms with Gasteiger partial charge in [0.1, 0.15) is 11.3 Å². The lowest BCUT2D eigenvalue weighted by Gasteiger charge is -2.20. The molecule has 0 saturated carbocycles. The fraction of sp³-hybridized carbons (Fsp3) is 0.556. The summed E-state index contributed by atoms with van der Waals surface area (Å²) in [6.45, 7) is 13.1. The van der Waals surface area contributed by atoms with Crippen molar-refractivity contribution in [1.82, 2.24) is 9.97 Å². The van der Waals surface area contributed by atoms with Gasteiger partial charge in [0.15, 0.2) is 0 Å². The van der Waals surface area contributed by atoms with Crippen molar-refractivity contribution in [1.29, 1.82) is 0 Å². The highest BCUT2D eigenvalue weighted by Crippen LogP contribution is 2.32.